The molecule has 2 aromatic carbocycles. The van der Waals surface area contributed by atoms with Crippen molar-refractivity contribution in [3.05, 3.63) is 63.9 Å². The van der Waals surface area contributed by atoms with Gasteiger partial charge >= 0.3 is 0 Å². The van der Waals surface area contributed by atoms with Crippen molar-refractivity contribution in [3.8, 4) is 5.75 Å². The third-order valence-corrected chi connectivity index (χ3v) is 5.29. The Kier molecular flexibility index (Phi) is 7.79. The molecule has 2 aromatic rings. The average Bonchev–Trinajstić information content (AvgIpc) is 2.61. The summed E-state index contributed by atoms with van der Waals surface area (Å²) in [5.74, 6) is 1.12. The zero-order valence-corrected chi connectivity index (χ0v) is 16.7. The van der Waals surface area contributed by atoms with Crippen LogP contribution in [0.15, 0.2) is 36.4 Å². The van der Waals surface area contributed by atoms with Gasteiger partial charge in [0, 0.05) is 10.8 Å². The van der Waals surface area contributed by atoms with Crippen LogP contribution in [0.2, 0.25) is 5.02 Å². The Labute approximate surface area is 163 Å². The highest BCUT2D eigenvalue weighted by molar-refractivity contribution is 7.99. The number of carbonyl (C=O) groups excluding carboxylic acids is 1. The van der Waals surface area contributed by atoms with E-state index in [2.05, 4.69) is 5.32 Å². The largest absolute Gasteiger partial charge is 0.496 e. The molecule has 3 nitrogen and oxygen atoms in total. The number of thioether (sulfide) groups is 1. The van der Waals surface area contributed by atoms with E-state index >= 15 is 0 Å². The van der Waals surface area contributed by atoms with Crippen molar-refractivity contribution < 1.29 is 13.9 Å². The van der Waals surface area contributed by atoms with Crippen LogP contribution in [0, 0.1) is 12.7 Å². The number of nitrogens with one attached hydrogen (secondary N) is 1. The topological polar surface area (TPSA) is 38.3 Å². The molecule has 0 aliphatic heterocycles. The van der Waals surface area contributed by atoms with Crippen molar-refractivity contribution in [2.75, 3.05) is 12.9 Å². The van der Waals surface area contributed by atoms with Crippen LogP contribution in [-0.2, 0) is 10.5 Å². The second kappa shape index (κ2) is 9.83. The molecule has 1 atom stereocenters. The normalized spacial score (nSPS) is 11.9. The molecular formula is C20H23ClFNO2S. The van der Waals surface area contributed by atoms with Gasteiger partial charge in [-0.05, 0) is 48.2 Å². The Morgan fingerprint density at radius 3 is 2.69 bits per heavy atom. The van der Waals surface area contributed by atoms with E-state index in [0.29, 0.717) is 16.3 Å². The molecule has 1 unspecified atom stereocenters. The number of benzene rings is 2. The summed E-state index contributed by atoms with van der Waals surface area (Å²) in [5.41, 5.74) is 2.63. The second-order valence-corrected chi connectivity index (χ2v) is 7.41. The van der Waals surface area contributed by atoms with Crippen LogP contribution in [0.3, 0.4) is 0 Å². The fraction of sp³-hybridized carbons (Fsp3) is 0.350. The van der Waals surface area contributed by atoms with Gasteiger partial charge in [0.05, 0.1) is 18.9 Å². The van der Waals surface area contributed by atoms with Gasteiger partial charge in [0.1, 0.15) is 11.6 Å². The summed E-state index contributed by atoms with van der Waals surface area (Å²) in [6.07, 6.45) is 0.786. The van der Waals surface area contributed by atoms with Crippen molar-refractivity contribution in [2.24, 2.45) is 0 Å². The molecule has 0 aliphatic carbocycles. The van der Waals surface area contributed by atoms with Crippen LogP contribution in [0.5, 0.6) is 5.75 Å². The molecule has 1 N–H and O–H groups in total. The maximum absolute atomic E-state index is 13.8. The Morgan fingerprint density at radius 1 is 1.31 bits per heavy atom. The number of hydrogen-bond donors (Lipinski definition) is 1. The van der Waals surface area contributed by atoms with Crippen molar-refractivity contribution in [2.45, 2.75) is 32.1 Å². The predicted octanol–water partition coefficient (Wildman–Crippen LogP) is 5.30. The van der Waals surface area contributed by atoms with E-state index < -0.39 is 0 Å². The Balaban J connectivity index is 1.89. The highest BCUT2D eigenvalue weighted by atomic mass is 35.5. The number of amides is 1. The van der Waals surface area contributed by atoms with Crippen molar-refractivity contribution in [3.63, 3.8) is 0 Å². The lowest BCUT2D eigenvalue weighted by Crippen LogP contribution is -2.29. The van der Waals surface area contributed by atoms with Crippen molar-refractivity contribution in [1.82, 2.24) is 5.32 Å². The van der Waals surface area contributed by atoms with Gasteiger partial charge in [-0.2, -0.15) is 0 Å². The number of carbonyl (C=O) groups is 1. The lowest BCUT2D eigenvalue weighted by Gasteiger charge is -2.19. The second-order valence-electron chi connectivity index (χ2n) is 5.99. The van der Waals surface area contributed by atoms with Gasteiger partial charge in [0.15, 0.2) is 0 Å². The van der Waals surface area contributed by atoms with Gasteiger partial charge in [-0.1, -0.05) is 36.7 Å². The molecule has 0 saturated heterocycles. The van der Waals surface area contributed by atoms with E-state index in [1.807, 2.05) is 32.0 Å². The third kappa shape index (κ3) is 5.64. The Bertz CT molecular complexity index is 769. The molecule has 1 amide bonds. The van der Waals surface area contributed by atoms with Crippen molar-refractivity contribution >= 4 is 29.3 Å². The summed E-state index contributed by atoms with van der Waals surface area (Å²) in [7, 11) is 1.64. The summed E-state index contributed by atoms with van der Waals surface area (Å²) in [5, 5.41) is 3.41. The Morgan fingerprint density at radius 2 is 2.08 bits per heavy atom. The van der Waals surface area contributed by atoms with Gasteiger partial charge in [0.25, 0.3) is 0 Å². The molecule has 26 heavy (non-hydrogen) atoms. The van der Waals surface area contributed by atoms with E-state index in [9.17, 15) is 9.18 Å². The highest BCUT2D eigenvalue weighted by Gasteiger charge is 2.14. The summed E-state index contributed by atoms with van der Waals surface area (Å²) in [4.78, 5) is 12.3. The van der Waals surface area contributed by atoms with Crippen molar-refractivity contribution in [1.29, 1.82) is 0 Å². The number of halogens is 2. The van der Waals surface area contributed by atoms with E-state index in [-0.39, 0.29) is 23.5 Å². The molecule has 2 rings (SSSR count). The lowest BCUT2D eigenvalue weighted by atomic mass is 10.0. The molecule has 0 radical (unpaired) electrons. The maximum Gasteiger partial charge on any atom is 0.230 e. The molecule has 140 valence electrons. The SMILES string of the molecule is CCC(NC(=O)CSCc1ccc(Cl)cc1F)c1ccc(OC)c(C)c1. The first-order valence-electron chi connectivity index (χ1n) is 8.40. The van der Waals surface area contributed by atoms with Crippen LogP contribution >= 0.6 is 23.4 Å². The summed E-state index contributed by atoms with van der Waals surface area (Å²) in [6.45, 7) is 4.01. The monoisotopic (exact) mass is 395 g/mol. The van der Waals surface area contributed by atoms with E-state index in [1.165, 1.54) is 17.8 Å². The van der Waals surface area contributed by atoms with E-state index in [1.54, 1.807) is 19.2 Å². The van der Waals surface area contributed by atoms with E-state index in [4.69, 9.17) is 16.3 Å². The van der Waals surface area contributed by atoms with Gasteiger partial charge in [-0.3, -0.25) is 4.79 Å². The number of methoxy groups -OCH3 is 1. The molecule has 0 heterocycles. The lowest BCUT2D eigenvalue weighted by molar-refractivity contribution is -0.119. The first-order valence-corrected chi connectivity index (χ1v) is 9.93. The molecule has 0 aromatic heterocycles. The number of ether oxygens (including phenoxy) is 1. The number of aryl methyl sites for hydroxylation is 1. The summed E-state index contributed by atoms with van der Waals surface area (Å²) < 4.78 is 19.0. The van der Waals surface area contributed by atoms with Crippen LogP contribution in [0.25, 0.3) is 0 Å². The fourth-order valence-corrected chi connectivity index (χ4v) is 3.65. The minimum absolute atomic E-state index is 0.0556. The van der Waals surface area contributed by atoms with Gasteiger partial charge in [0.2, 0.25) is 5.91 Å². The van der Waals surface area contributed by atoms with Crippen LogP contribution in [0.1, 0.15) is 36.1 Å². The van der Waals surface area contributed by atoms with Gasteiger partial charge < -0.3 is 10.1 Å². The van der Waals surface area contributed by atoms with Crippen LogP contribution < -0.4 is 10.1 Å². The van der Waals surface area contributed by atoms with E-state index in [0.717, 1.165) is 23.3 Å². The molecular weight excluding hydrogens is 373 g/mol. The molecule has 0 spiro atoms. The first-order chi connectivity index (χ1) is 12.4. The zero-order valence-electron chi connectivity index (χ0n) is 15.1. The van der Waals surface area contributed by atoms with Crippen LogP contribution in [0.4, 0.5) is 4.39 Å². The summed E-state index contributed by atoms with van der Waals surface area (Å²) >= 11 is 7.12. The molecule has 6 heteroatoms. The zero-order chi connectivity index (χ0) is 19.1. The third-order valence-electron chi connectivity index (χ3n) is 4.07. The standard InChI is InChI=1S/C20H23ClFNO2S/c1-4-18(14-6-8-19(25-3)13(2)9-14)23-20(24)12-26-11-15-5-7-16(21)10-17(15)22/h5-10,18H,4,11-12H2,1-3H3,(H,23,24). The smallest absolute Gasteiger partial charge is 0.230 e. The predicted molar refractivity (Wildman–Crippen MR) is 106 cm³/mol. The molecule has 0 fully saturated rings. The highest BCUT2D eigenvalue weighted by Crippen LogP contribution is 2.24. The quantitative estimate of drug-likeness (QED) is 0.659. The van der Waals surface area contributed by atoms with Gasteiger partial charge in [-0.15, -0.1) is 11.8 Å². The summed E-state index contributed by atoms with van der Waals surface area (Å²) in [6, 6.07) is 10.4. The van der Waals surface area contributed by atoms with Crippen LogP contribution in [-0.4, -0.2) is 18.8 Å². The minimum atomic E-state index is -0.342. The Hall–Kier alpha value is -1.72. The number of hydrogen-bond acceptors (Lipinski definition) is 3. The van der Waals surface area contributed by atoms with Gasteiger partial charge in [-0.25, -0.2) is 4.39 Å². The molecule has 0 saturated carbocycles. The fourth-order valence-electron chi connectivity index (χ4n) is 2.67. The number of rotatable bonds is 8. The first kappa shape index (κ1) is 20.6. The maximum atomic E-state index is 13.8. The minimum Gasteiger partial charge on any atom is -0.496 e. The molecule has 0 bridgehead atoms. The average molecular weight is 396 g/mol. The molecule has 0 aliphatic rings.